The Morgan fingerprint density at radius 1 is 0.333 bits per heavy atom. The van der Waals surface area contributed by atoms with Crippen LogP contribution in [0.2, 0.25) is 0 Å². The fraction of sp³-hybridized carbons (Fsp3) is 0. The van der Waals surface area contributed by atoms with Crippen molar-refractivity contribution in [2.75, 3.05) is 0 Å². The molecule has 4 rings (SSSR count). The van der Waals surface area contributed by atoms with Crippen molar-refractivity contribution >= 4 is 22.7 Å². The molecule has 0 fully saturated rings. The Labute approximate surface area is 176 Å². The summed E-state index contributed by atoms with van der Waals surface area (Å²) in [5, 5.41) is 22.8. The summed E-state index contributed by atoms with van der Waals surface area (Å²) in [5.74, 6) is 0.228. The molecule has 0 heterocycles. The lowest BCUT2D eigenvalue weighted by atomic mass is 9.87. The normalized spacial score (nSPS) is 12.7. The lowest BCUT2D eigenvalue weighted by molar-refractivity contribution is 0.509. The summed E-state index contributed by atoms with van der Waals surface area (Å²) in [4.78, 5) is 0. The molecule has 0 aliphatic rings. The molecule has 0 saturated carbocycles. The molecule has 30 heavy (non-hydrogen) atoms. The lowest BCUT2D eigenvalue weighted by Crippen LogP contribution is -2.00. The van der Waals surface area contributed by atoms with Gasteiger partial charge in [-0.05, 0) is 11.1 Å². The molecule has 0 saturated heterocycles. The van der Waals surface area contributed by atoms with Crippen molar-refractivity contribution in [3.63, 3.8) is 0 Å². The molecule has 2 heteroatoms. The molecular weight excluding hydrogens is 368 g/mol. The third-order valence-electron chi connectivity index (χ3n) is 4.94. The standard InChI is InChI=1S/C28H22O2/c29-27(23-17-9-3-10-18-23)25(21-13-5-1-6-14-21)26(22-15-7-2-8-16-22)28(30)24-19-11-4-12-20-24/h1-20,29-30H/b27-25-,28-26-. The van der Waals surface area contributed by atoms with Crippen molar-refractivity contribution in [2.45, 2.75) is 0 Å². The number of rotatable bonds is 5. The highest BCUT2D eigenvalue weighted by Crippen LogP contribution is 2.40. The number of aliphatic hydroxyl groups is 2. The number of aliphatic hydroxyl groups excluding tert-OH is 2. The summed E-state index contributed by atoms with van der Waals surface area (Å²) < 4.78 is 0. The molecule has 0 atom stereocenters. The predicted octanol–water partition coefficient (Wildman–Crippen LogP) is 7.24. The Morgan fingerprint density at radius 3 is 0.833 bits per heavy atom. The minimum absolute atomic E-state index is 0.114. The Hall–Kier alpha value is -4.04. The number of hydrogen-bond donors (Lipinski definition) is 2. The number of allylic oxidation sites excluding steroid dienone is 2. The van der Waals surface area contributed by atoms with Crippen molar-refractivity contribution in [2.24, 2.45) is 0 Å². The molecule has 0 aliphatic carbocycles. The fourth-order valence-electron chi connectivity index (χ4n) is 3.49. The molecule has 2 N–H and O–H groups in total. The van der Waals surface area contributed by atoms with Crippen LogP contribution < -0.4 is 0 Å². The maximum Gasteiger partial charge on any atom is 0.131 e. The first-order chi connectivity index (χ1) is 14.8. The molecule has 146 valence electrons. The Bertz CT molecular complexity index is 1060. The van der Waals surface area contributed by atoms with Crippen LogP contribution in [0.1, 0.15) is 22.3 Å². The average molecular weight is 390 g/mol. The van der Waals surface area contributed by atoms with Gasteiger partial charge in [0.05, 0.1) is 0 Å². The zero-order valence-corrected chi connectivity index (χ0v) is 16.4. The van der Waals surface area contributed by atoms with E-state index in [0.29, 0.717) is 22.3 Å². The largest absolute Gasteiger partial charge is 0.507 e. The molecule has 4 aromatic carbocycles. The van der Waals surface area contributed by atoms with E-state index in [0.717, 1.165) is 11.1 Å². The minimum atomic E-state index is 0.114. The number of hydrogen-bond acceptors (Lipinski definition) is 2. The Morgan fingerprint density at radius 2 is 0.567 bits per heavy atom. The third kappa shape index (κ3) is 4.03. The summed E-state index contributed by atoms with van der Waals surface area (Å²) >= 11 is 0. The van der Waals surface area contributed by atoms with E-state index in [1.54, 1.807) is 0 Å². The van der Waals surface area contributed by atoms with Crippen LogP contribution in [0.3, 0.4) is 0 Å². The van der Waals surface area contributed by atoms with Crippen LogP contribution in [-0.4, -0.2) is 10.2 Å². The van der Waals surface area contributed by atoms with Gasteiger partial charge in [-0.25, -0.2) is 0 Å². The van der Waals surface area contributed by atoms with Crippen LogP contribution in [0.4, 0.5) is 0 Å². The van der Waals surface area contributed by atoms with Crippen LogP contribution in [-0.2, 0) is 0 Å². The van der Waals surface area contributed by atoms with E-state index in [2.05, 4.69) is 0 Å². The quantitative estimate of drug-likeness (QED) is 0.214. The van der Waals surface area contributed by atoms with E-state index in [-0.39, 0.29) is 11.5 Å². The SMILES string of the molecule is O/C(=C(\C(=C(/O)c1ccccc1)c1ccccc1)c1ccccc1)c1ccccc1. The summed E-state index contributed by atoms with van der Waals surface area (Å²) in [6.07, 6.45) is 0. The van der Waals surface area contributed by atoms with Gasteiger partial charge in [-0.2, -0.15) is 0 Å². The highest BCUT2D eigenvalue weighted by atomic mass is 16.3. The summed E-state index contributed by atoms with van der Waals surface area (Å²) in [6, 6.07) is 38.1. The van der Waals surface area contributed by atoms with Gasteiger partial charge < -0.3 is 10.2 Å². The maximum atomic E-state index is 11.4. The molecule has 0 bridgehead atoms. The van der Waals surface area contributed by atoms with E-state index in [4.69, 9.17) is 0 Å². The lowest BCUT2D eigenvalue weighted by Gasteiger charge is -2.18. The van der Waals surface area contributed by atoms with Crippen molar-refractivity contribution < 1.29 is 10.2 Å². The molecule has 0 aromatic heterocycles. The third-order valence-corrected chi connectivity index (χ3v) is 4.94. The van der Waals surface area contributed by atoms with Crippen molar-refractivity contribution in [1.82, 2.24) is 0 Å². The second kappa shape index (κ2) is 8.97. The molecule has 2 nitrogen and oxygen atoms in total. The van der Waals surface area contributed by atoms with E-state index in [1.807, 2.05) is 121 Å². The minimum Gasteiger partial charge on any atom is -0.507 e. The molecule has 0 unspecified atom stereocenters. The van der Waals surface area contributed by atoms with E-state index in [9.17, 15) is 10.2 Å². The van der Waals surface area contributed by atoms with Crippen molar-refractivity contribution in [3.8, 4) is 0 Å². The maximum absolute atomic E-state index is 11.4. The first-order valence-corrected chi connectivity index (χ1v) is 9.84. The van der Waals surface area contributed by atoms with Gasteiger partial charge in [0.1, 0.15) is 11.5 Å². The second-order valence-corrected chi connectivity index (χ2v) is 6.91. The smallest absolute Gasteiger partial charge is 0.131 e. The van der Waals surface area contributed by atoms with Gasteiger partial charge in [0.2, 0.25) is 0 Å². The van der Waals surface area contributed by atoms with Gasteiger partial charge in [-0.3, -0.25) is 0 Å². The van der Waals surface area contributed by atoms with Crippen LogP contribution in [0.25, 0.3) is 22.7 Å². The first-order valence-electron chi connectivity index (χ1n) is 9.84. The van der Waals surface area contributed by atoms with E-state index in [1.165, 1.54) is 0 Å². The van der Waals surface area contributed by atoms with Crippen molar-refractivity contribution in [1.29, 1.82) is 0 Å². The molecule has 0 amide bonds. The summed E-state index contributed by atoms with van der Waals surface area (Å²) in [6.45, 7) is 0. The molecular formula is C28H22O2. The molecule has 4 aromatic rings. The highest BCUT2D eigenvalue weighted by molar-refractivity contribution is 6.19. The summed E-state index contributed by atoms with van der Waals surface area (Å²) in [7, 11) is 0. The van der Waals surface area contributed by atoms with Crippen molar-refractivity contribution in [3.05, 3.63) is 144 Å². The van der Waals surface area contributed by atoms with Gasteiger partial charge in [0.25, 0.3) is 0 Å². The first kappa shape index (κ1) is 19.3. The van der Waals surface area contributed by atoms with E-state index < -0.39 is 0 Å². The zero-order valence-electron chi connectivity index (χ0n) is 16.4. The van der Waals surface area contributed by atoms with Gasteiger partial charge in [-0.1, -0.05) is 121 Å². The Kier molecular flexibility index (Phi) is 5.77. The number of benzene rings is 4. The van der Waals surface area contributed by atoms with Crippen LogP contribution in [0.5, 0.6) is 0 Å². The highest BCUT2D eigenvalue weighted by Gasteiger charge is 2.21. The topological polar surface area (TPSA) is 40.5 Å². The van der Waals surface area contributed by atoms with Gasteiger partial charge >= 0.3 is 0 Å². The van der Waals surface area contributed by atoms with Gasteiger partial charge in [-0.15, -0.1) is 0 Å². The predicted molar refractivity (Wildman–Crippen MR) is 125 cm³/mol. The monoisotopic (exact) mass is 390 g/mol. The van der Waals surface area contributed by atoms with E-state index >= 15 is 0 Å². The van der Waals surface area contributed by atoms with Gasteiger partial charge in [0.15, 0.2) is 0 Å². The average Bonchev–Trinajstić information content (AvgIpc) is 2.84. The van der Waals surface area contributed by atoms with Crippen LogP contribution in [0.15, 0.2) is 121 Å². The summed E-state index contributed by atoms with van der Waals surface area (Å²) in [5.41, 5.74) is 4.17. The van der Waals surface area contributed by atoms with Crippen LogP contribution >= 0.6 is 0 Å². The molecule has 0 aliphatic heterocycles. The molecule has 0 spiro atoms. The van der Waals surface area contributed by atoms with Crippen LogP contribution in [0, 0.1) is 0 Å². The Balaban J connectivity index is 2.07. The van der Waals surface area contributed by atoms with Gasteiger partial charge in [0, 0.05) is 22.3 Å². The fourth-order valence-corrected chi connectivity index (χ4v) is 3.49. The second-order valence-electron chi connectivity index (χ2n) is 6.91. The zero-order chi connectivity index (χ0) is 20.8. The molecule has 0 radical (unpaired) electrons.